The van der Waals surface area contributed by atoms with Crippen molar-refractivity contribution < 1.29 is 146 Å². The molecule has 0 spiro atoms. The molecule has 0 saturated carbocycles. The first-order chi connectivity index (χ1) is 11.5. The molecule has 9 N–H and O–H groups in total. The van der Waals surface area contributed by atoms with E-state index >= 15 is 0 Å². The van der Waals surface area contributed by atoms with Crippen LogP contribution in [0.25, 0.3) is 0 Å². The third-order valence-electron chi connectivity index (χ3n) is 1.50. The standard InChI is InChI=1S/C6H8O7.2Na.H4O7P2.H3O4P/c7-3(8)1-6(13,5(11)12)2-4(9)10;;;1-8(2,3)7-9(4,5)6;1-5(2,3)4/h13H,1-2H2,(H,7,8)(H,9,10)(H,11,12);;;(H2,1,2,3)(H2,4,5,6);(H3,1,2,3,4)/q;2*+1;;/p-2. The van der Waals surface area contributed by atoms with Crippen molar-refractivity contribution in [3.8, 4) is 0 Å². The molecule has 0 radical (unpaired) electrons. The van der Waals surface area contributed by atoms with Crippen LogP contribution in [0, 0.1) is 0 Å². The maximum Gasteiger partial charge on any atom is 1.00 e. The van der Waals surface area contributed by atoms with Gasteiger partial charge >= 0.3 is 92.7 Å². The zero-order chi connectivity index (χ0) is 22.9. The summed E-state index contributed by atoms with van der Waals surface area (Å²) in [5.74, 6) is -5.02. The van der Waals surface area contributed by atoms with Crippen LogP contribution in [0.3, 0.4) is 0 Å². The van der Waals surface area contributed by atoms with E-state index in [9.17, 15) is 23.5 Å². The Morgan fingerprint density at radius 3 is 1.03 bits per heavy atom. The Bertz CT molecular complexity index is 614. The van der Waals surface area contributed by atoms with Gasteiger partial charge in [-0.2, -0.15) is 4.31 Å². The number of hydrogen-bond donors (Lipinski definition) is 9. The second-order valence-electron chi connectivity index (χ2n) is 4.01. The largest absolute Gasteiger partial charge is 1.00 e. The van der Waals surface area contributed by atoms with E-state index < -0.39 is 59.8 Å². The normalized spacial score (nSPS) is 11.2. The smallest absolute Gasteiger partial charge is 0.790 e. The number of aliphatic hydroxyl groups is 1. The average molecular weight is 512 g/mol. The van der Waals surface area contributed by atoms with Crippen LogP contribution in [0.5, 0.6) is 0 Å². The Balaban J connectivity index is -0.000000105. The fraction of sp³-hybridized carbons (Fsp3) is 0.500. The Kier molecular flexibility index (Phi) is 22.7. The summed E-state index contributed by atoms with van der Waals surface area (Å²) in [7, 11) is -15.2. The van der Waals surface area contributed by atoms with Crippen molar-refractivity contribution in [1.82, 2.24) is 0 Å². The van der Waals surface area contributed by atoms with E-state index in [-0.39, 0.29) is 59.1 Å². The minimum atomic E-state index is -5.14. The molecular weight excluding hydrogens is 499 g/mol. The van der Waals surface area contributed by atoms with Crippen molar-refractivity contribution in [1.29, 1.82) is 0 Å². The third-order valence-corrected chi connectivity index (χ3v) is 3.20. The van der Waals surface area contributed by atoms with E-state index in [4.69, 9.17) is 59.2 Å². The number of carboxylic acids is 3. The van der Waals surface area contributed by atoms with E-state index in [1.165, 1.54) is 0 Å². The topological polar surface area (TPSA) is 340 Å². The monoisotopic (exact) mass is 512 g/mol. The summed E-state index contributed by atoms with van der Waals surface area (Å²) in [4.78, 5) is 85.8. The molecule has 0 aliphatic rings. The minimum absolute atomic E-state index is 0. The van der Waals surface area contributed by atoms with Crippen molar-refractivity contribution in [2.24, 2.45) is 0 Å². The van der Waals surface area contributed by atoms with Gasteiger partial charge in [-0.25, -0.2) is 13.9 Å². The molecule has 0 aliphatic carbocycles. The van der Waals surface area contributed by atoms with Gasteiger partial charge in [0.2, 0.25) is 0 Å². The molecule has 0 atom stereocenters. The zero-order valence-electron chi connectivity index (χ0n) is 14.5. The first-order valence-corrected chi connectivity index (χ1v) is 10.0. The molecule has 0 saturated heterocycles. The second-order valence-corrected chi connectivity index (χ2v) is 7.56. The third kappa shape index (κ3) is 39.7. The summed E-state index contributed by atoms with van der Waals surface area (Å²) in [6.07, 6.45) is -2.29. The number of rotatable bonds is 7. The van der Waals surface area contributed by atoms with Crippen LogP contribution in [0.4, 0.5) is 0 Å². The summed E-state index contributed by atoms with van der Waals surface area (Å²) >= 11 is 0. The number of hydrogen-bond acceptors (Lipinski definition) is 10. The molecule has 18 nitrogen and oxygen atoms in total. The Morgan fingerprint density at radius 1 is 0.759 bits per heavy atom. The van der Waals surface area contributed by atoms with Gasteiger partial charge in [0.15, 0.2) is 5.60 Å². The molecule has 0 aromatic heterocycles. The van der Waals surface area contributed by atoms with Crippen LogP contribution in [0.2, 0.25) is 0 Å². The van der Waals surface area contributed by atoms with E-state index in [2.05, 4.69) is 4.31 Å². The number of carbonyl (C=O) groups is 3. The van der Waals surface area contributed by atoms with Gasteiger partial charge in [0.25, 0.3) is 0 Å². The van der Waals surface area contributed by atoms with Gasteiger partial charge in [-0.3, -0.25) is 9.59 Å². The van der Waals surface area contributed by atoms with Crippen molar-refractivity contribution in [2.45, 2.75) is 18.4 Å². The number of carboxylic acid groups (broad SMARTS) is 3. The minimum Gasteiger partial charge on any atom is -0.790 e. The van der Waals surface area contributed by atoms with Gasteiger partial charge in [0.05, 0.1) is 20.7 Å². The average Bonchev–Trinajstić information content (AvgIpc) is 2.18. The molecule has 0 fully saturated rings. The fourth-order valence-electron chi connectivity index (χ4n) is 0.853. The van der Waals surface area contributed by atoms with Gasteiger partial charge in [-0.15, -0.1) is 0 Å². The van der Waals surface area contributed by atoms with Gasteiger partial charge < -0.3 is 59.2 Å². The summed E-state index contributed by atoms with van der Waals surface area (Å²) in [5.41, 5.74) is -2.74. The summed E-state index contributed by atoms with van der Waals surface area (Å²) in [6, 6.07) is 0. The van der Waals surface area contributed by atoms with Gasteiger partial charge in [-0.1, -0.05) is 0 Å². The van der Waals surface area contributed by atoms with Crippen LogP contribution < -0.4 is 68.9 Å². The number of aliphatic carboxylic acids is 3. The molecule has 29 heavy (non-hydrogen) atoms. The van der Waals surface area contributed by atoms with E-state index in [0.717, 1.165) is 0 Å². The van der Waals surface area contributed by atoms with Gasteiger partial charge in [0, 0.05) is 0 Å². The first kappa shape index (κ1) is 40.1. The Morgan fingerprint density at radius 2 is 0.966 bits per heavy atom. The van der Waals surface area contributed by atoms with E-state index in [0.29, 0.717) is 0 Å². The zero-order valence-corrected chi connectivity index (χ0v) is 21.1. The SMILES string of the molecule is O=C(O)CC(O)(CC(=O)O)C(=O)O.O=P(O)(O)OP(=O)(O)O.O=P([O-])([O-])O.[Na+].[Na+]. The summed E-state index contributed by atoms with van der Waals surface area (Å²) in [5, 5.41) is 33.8. The summed E-state index contributed by atoms with van der Waals surface area (Å²) in [6.45, 7) is 0. The molecule has 0 bridgehead atoms. The molecule has 0 aromatic carbocycles. The molecule has 162 valence electrons. The van der Waals surface area contributed by atoms with Gasteiger partial charge in [-0.05, 0) is 0 Å². The predicted octanol–water partition coefficient (Wildman–Crippen LogP) is -10.2. The van der Waals surface area contributed by atoms with E-state index in [1.54, 1.807) is 0 Å². The molecule has 0 aromatic rings. The predicted molar refractivity (Wildman–Crippen MR) is 72.1 cm³/mol. The fourth-order valence-corrected chi connectivity index (χ4v) is 1.96. The van der Waals surface area contributed by atoms with Crippen molar-refractivity contribution in [2.75, 3.05) is 0 Å². The van der Waals surface area contributed by atoms with Crippen LogP contribution in [0.1, 0.15) is 12.8 Å². The van der Waals surface area contributed by atoms with Crippen LogP contribution in [-0.2, 0) is 32.4 Å². The number of phosphoric acid groups is 3. The van der Waals surface area contributed by atoms with E-state index in [1.807, 2.05) is 0 Å². The van der Waals surface area contributed by atoms with Crippen molar-refractivity contribution in [3.63, 3.8) is 0 Å². The Hall–Kier alpha value is 0.740. The van der Waals surface area contributed by atoms with Crippen molar-refractivity contribution in [3.05, 3.63) is 0 Å². The van der Waals surface area contributed by atoms with Crippen LogP contribution in [0.15, 0.2) is 0 Å². The quantitative estimate of drug-likeness (QED) is 0.113. The maximum absolute atomic E-state index is 10.3. The summed E-state index contributed by atoms with van der Waals surface area (Å²) < 4.78 is 30.9. The molecule has 23 heteroatoms. The molecule has 0 rings (SSSR count). The maximum atomic E-state index is 10.3. The first-order valence-electron chi connectivity index (χ1n) is 5.45. The van der Waals surface area contributed by atoms with Crippen LogP contribution >= 0.6 is 23.5 Å². The molecule has 0 heterocycles. The molecule has 0 amide bonds. The second kappa shape index (κ2) is 16.4. The van der Waals surface area contributed by atoms with Crippen LogP contribution in [-0.4, -0.2) is 68.4 Å². The Labute approximate surface area is 204 Å². The molecule has 0 aliphatic heterocycles. The van der Waals surface area contributed by atoms with Gasteiger partial charge in [0.1, 0.15) is 0 Å². The van der Waals surface area contributed by atoms with Crippen molar-refractivity contribution >= 4 is 41.4 Å². The molecule has 0 unspecified atom stereocenters. The molecular formula is C6H13Na2O18P3.